The molecule has 0 bridgehead atoms. The number of carboxylic acid groups (broad SMARTS) is 1. The zero-order chi connectivity index (χ0) is 12.8. The maximum atomic E-state index is 11.4. The number of amides is 2. The summed E-state index contributed by atoms with van der Waals surface area (Å²) in [5.74, 6) is -1.26. The lowest BCUT2D eigenvalue weighted by Crippen LogP contribution is -2.50. The summed E-state index contributed by atoms with van der Waals surface area (Å²) in [6.07, 6.45) is 2.56. The molecule has 0 aliphatic heterocycles. The first-order chi connectivity index (χ1) is 8.06. The number of urea groups is 1. The van der Waals surface area contributed by atoms with Gasteiger partial charge in [-0.15, -0.1) is 0 Å². The maximum Gasteiger partial charge on any atom is 0.328 e. The van der Waals surface area contributed by atoms with Crippen molar-refractivity contribution >= 4 is 12.0 Å². The fourth-order valence-corrected chi connectivity index (χ4v) is 1.86. The minimum atomic E-state index is -1.27. The molecule has 0 aromatic carbocycles. The second kappa shape index (κ2) is 6.41. The van der Waals surface area contributed by atoms with E-state index in [1.165, 1.54) is 0 Å². The van der Waals surface area contributed by atoms with Crippen molar-refractivity contribution in [3.63, 3.8) is 0 Å². The summed E-state index contributed by atoms with van der Waals surface area (Å²) in [7, 11) is 1.62. The van der Waals surface area contributed by atoms with E-state index in [4.69, 9.17) is 14.9 Å². The van der Waals surface area contributed by atoms with Crippen molar-refractivity contribution in [3.8, 4) is 0 Å². The highest BCUT2D eigenvalue weighted by Gasteiger charge is 2.27. The van der Waals surface area contributed by atoms with Gasteiger partial charge in [0, 0.05) is 13.2 Å². The Kier molecular flexibility index (Phi) is 5.17. The Bertz CT molecular complexity index is 284. The predicted octanol–water partition coefficient (Wildman–Crippen LogP) is -0.701. The molecule has 2 amide bonds. The van der Waals surface area contributed by atoms with E-state index < -0.39 is 24.6 Å². The maximum absolute atomic E-state index is 11.4. The summed E-state index contributed by atoms with van der Waals surface area (Å²) in [5, 5.41) is 22.2. The second-order valence-electron chi connectivity index (χ2n) is 4.06. The van der Waals surface area contributed by atoms with Crippen molar-refractivity contribution in [2.75, 3.05) is 13.7 Å². The van der Waals surface area contributed by atoms with Gasteiger partial charge in [0.1, 0.15) is 0 Å². The molecule has 1 saturated carbocycles. The highest BCUT2D eigenvalue weighted by molar-refractivity contribution is 5.82. The SMILES string of the molecule is COC1CCC(NC(=O)N[C@H](CO)C(=O)O)C1. The number of hydrogen-bond acceptors (Lipinski definition) is 4. The van der Waals surface area contributed by atoms with Gasteiger partial charge < -0.3 is 25.6 Å². The molecule has 0 spiro atoms. The molecule has 4 N–H and O–H groups in total. The van der Waals surface area contributed by atoms with Crippen LogP contribution in [-0.2, 0) is 9.53 Å². The molecule has 0 radical (unpaired) electrons. The van der Waals surface area contributed by atoms with Gasteiger partial charge in [-0.3, -0.25) is 0 Å². The average Bonchev–Trinajstić information content (AvgIpc) is 2.73. The topological polar surface area (TPSA) is 108 Å². The zero-order valence-corrected chi connectivity index (χ0v) is 9.68. The molecule has 0 heterocycles. The van der Waals surface area contributed by atoms with Crippen molar-refractivity contribution in [1.29, 1.82) is 0 Å². The molecule has 1 aliphatic rings. The summed E-state index contributed by atoms with van der Waals surface area (Å²) in [6.45, 7) is -0.631. The number of carbonyl (C=O) groups excluding carboxylic acids is 1. The first-order valence-electron chi connectivity index (χ1n) is 5.50. The van der Waals surface area contributed by atoms with Crippen LogP contribution in [-0.4, -0.2) is 54.1 Å². The molecular weight excluding hydrogens is 228 g/mol. The Hall–Kier alpha value is -1.34. The molecule has 7 nitrogen and oxygen atoms in total. The van der Waals surface area contributed by atoms with Crippen LogP contribution >= 0.6 is 0 Å². The third-order valence-electron chi connectivity index (χ3n) is 2.84. The minimum absolute atomic E-state index is 0.00640. The van der Waals surface area contributed by atoms with E-state index in [2.05, 4.69) is 10.6 Å². The lowest BCUT2D eigenvalue weighted by Gasteiger charge is -2.16. The fraction of sp³-hybridized carbons (Fsp3) is 0.800. The van der Waals surface area contributed by atoms with E-state index in [1.54, 1.807) is 7.11 Å². The van der Waals surface area contributed by atoms with Crippen LogP contribution in [0.25, 0.3) is 0 Å². The number of aliphatic carboxylic acids is 1. The number of rotatable bonds is 5. The predicted molar refractivity (Wildman–Crippen MR) is 58.6 cm³/mol. The lowest BCUT2D eigenvalue weighted by atomic mass is 10.2. The number of ether oxygens (including phenoxy) is 1. The van der Waals surface area contributed by atoms with Crippen molar-refractivity contribution in [2.24, 2.45) is 0 Å². The van der Waals surface area contributed by atoms with Gasteiger partial charge in [-0.25, -0.2) is 9.59 Å². The standard InChI is InChI=1S/C10H18N2O5/c1-17-7-3-2-6(4-7)11-10(16)12-8(5-13)9(14)15/h6-8,13H,2-5H2,1H3,(H,14,15)(H2,11,12,16)/t6?,7?,8-/m1/s1. The van der Waals surface area contributed by atoms with Crippen LogP contribution in [0.4, 0.5) is 4.79 Å². The molecule has 1 rings (SSSR count). The molecular formula is C10H18N2O5. The number of methoxy groups -OCH3 is 1. The van der Waals surface area contributed by atoms with E-state index >= 15 is 0 Å². The van der Waals surface area contributed by atoms with Crippen molar-refractivity contribution in [3.05, 3.63) is 0 Å². The molecule has 1 fully saturated rings. The molecule has 17 heavy (non-hydrogen) atoms. The van der Waals surface area contributed by atoms with Crippen LogP contribution in [0.15, 0.2) is 0 Å². The largest absolute Gasteiger partial charge is 0.480 e. The van der Waals surface area contributed by atoms with Gasteiger partial charge in [-0.1, -0.05) is 0 Å². The number of nitrogens with one attached hydrogen (secondary N) is 2. The normalized spacial score (nSPS) is 25.3. The summed E-state index contributed by atoms with van der Waals surface area (Å²) < 4.78 is 5.16. The van der Waals surface area contributed by atoms with Crippen molar-refractivity contribution in [2.45, 2.75) is 37.5 Å². The lowest BCUT2D eigenvalue weighted by molar-refractivity contribution is -0.140. The van der Waals surface area contributed by atoms with Gasteiger partial charge in [-0.05, 0) is 19.3 Å². The van der Waals surface area contributed by atoms with Gasteiger partial charge in [0.05, 0.1) is 12.7 Å². The van der Waals surface area contributed by atoms with E-state index in [0.717, 1.165) is 19.3 Å². The Morgan fingerprint density at radius 3 is 2.65 bits per heavy atom. The van der Waals surface area contributed by atoms with Crippen LogP contribution < -0.4 is 10.6 Å². The minimum Gasteiger partial charge on any atom is -0.480 e. The number of carbonyl (C=O) groups is 2. The second-order valence-corrected chi connectivity index (χ2v) is 4.06. The van der Waals surface area contributed by atoms with Crippen LogP contribution in [0.3, 0.4) is 0 Å². The summed E-state index contributed by atoms with van der Waals surface area (Å²) in [4.78, 5) is 22.0. The Labute approximate surface area is 99.1 Å². The average molecular weight is 246 g/mol. The Morgan fingerprint density at radius 2 is 2.18 bits per heavy atom. The number of aliphatic hydroxyl groups is 1. The summed E-state index contributed by atoms with van der Waals surface area (Å²) in [6, 6.07) is -1.85. The van der Waals surface area contributed by atoms with Crippen LogP contribution in [0.1, 0.15) is 19.3 Å². The Morgan fingerprint density at radius 1 is 1.47 bits per heavy atom. The molecule has 2 unspecified atom stereocenters. The zero-order valence-electron chi connectivity index (χ0n) is 9.68. The van der Waals surface area contributed by atoms with Crippen LogP contribution in [0, 0.1) is 0 Å². The van der Waals surface area contributed by atoms with E-state index in [1.807, 2.05) is 0 Å². The molecule has 3 atom stereocenters. The van der Waals surface area contributed by atoms with E-state index in [-0.39, 0.29) is 12.1 Å². The Balaban J connectivity index is 2.32. The first-order valence-corrected chi connectivity index (χ1v) is 5.50. The van der Waals surface area contributed by atoms with Crippen molar-refractivity contribution < 1.29 is 24.5 Å². The molecule has 98 valence electrons. The van der Waals surface area contributed by atoms with Gasteiger partial charge in [0.25, 0.3) is 0 Å². The van der Waals surface area contributed by atoms with Crippen LogP contribution in [0.5, 0.6) is 0 Å². The highest BCUT2D eigenvalue weighted by Crippen LogP contribution is 2.21. The highest BCUT2D eigenvalue weighted by atomic mass is 16.5. The third kappa shape index (κ3) is 4.20. The van der Waals surface area contributed by atoms with Gasteiger partial charge in [-0.2, -0.15) is 0 Å². The quantitative estimate of drug-likeness (QED) is 0.513. The number of hydrogen-bond donors (Lipinski definition) is 4. The molecule has 0 aromatic rings. The fourth-order valence-electron chi connectivity index (χ4n) is 1.86. The molecule has 0 aromatic heterocycles. The van der Waals surface area contributed by atoms with Gasteiger partial charge in [0.2, 0.25) is 0 Å². The van der Waals surface area contributed by atoms with E-state index in [0.29, 0.717) is 0 Å². The van der Waals surface area contributed by atoms with E-state index in [9.17, 15) is 9.59 Å². The van der Waals surface area contributed by atoms with Crippen LogP contribution in [0.2, 0.25) is 0 Å². The molecule has 0 saturated heterocycles. The van der Waals surface area contributed by atoms with Gasteiger partial charge in [0.15, 0.2) is 6.04 Å². The number of carboxylic acids is 1. The smallest absolute Gasteiger partial charge is 0.328 e. The molecule has 7 heteroatoms. The first kappa shape index (κ1) is 13.7. The van der Waals surface area contributed by atoms with Gasteiger partial charge >= 0.3 is 12.0 Å². The number of aliphatic hydroxyl groups excluding tert-OH is 1. The monoisotopic (exact) mass is 246 g/mol. The summed E-state index contributed by atoms with van der Waals surface area (Å²) >= 11 is 0. The third-order valence-corrected chi connectivity index (χ3v) is 2.84. The summed E-state index contributed by atoms with van der Waals surface area (Å²) in [5.41, 5.74) is 0. The molecule has 1 aliphatic carbocycles. The van der Waals surface area contributed by atoms with Crippen molar-refractivity contribution in [1.82, 2.24) is 10.6 Å².